The summed E-state index contributed by atoms with van der Waals surface area (Å²) in [5.41, 5.74) is 0. The van der Waals surface area contributed by atoms with Crippen LogP contribution in [0.3, 0.4) is 0 Å². The maximum absolute atomic E-state index is 11.6. The maximum atomic E-state index is 11.6. The molecule has 1 aromatic rings. The summed E-state index contributed by atoms with van der Waals surface area (Å²) in [6, 6.07) is 4.10. The van der Waals surface area contributed by atoms with Crippen molar-refractivity contribution < 1.29 is 14.7 Å². The molecular formula is C13H19NO3S2. The van der Waals surface area contributed by atoms with Crippen molar-refractivity contribution in [2.24, 2.45) is 0 Å². The van der Waals surface area contributed by atoms with E-state index in [4.69, 9.17) is 5.11 Å². The lowest BCUT2D eigenvalue weighted by atomic mass is 10.1. The monoisotopic (exact) mass is 301 g/mol. The largest absolute Gasteiger partial charge is 0.481 e. The minimum Gasteiger partial charge on any atom is -0.481 e. The summed E-state index contributed by atoms with van der Waals surface area (Å²) >= 11 is 3.29. The first-order valence-corrected chi connectivity index (χ1v) is 8.22. The standard InChI is InChI=1S/C13H19NO3S2/c1-10(4-2-6-13(16)17)14-12(15)9-18-8-11-5-3-7-19-11/h3,5,7,10H,2,4,6,8-9H2,1H3,(H,14,15)(H,16,17). The number of rotatable bonds is 9. The van der Waals surface area contributed by atoms with E-state index in [2.05, 4.69) is 11.4 Å². The number of carbonyl (C=O) groups excluding carboxylic acids is 1. The molecule has 0 spiro atoms. The van der Waals surface area contributed by atoms with E-state index >= 15 is 0 Å². The van der Waals surface area contributed by atoms with Gasteiger partial charge >= 0.3 is 5.97 Å². The number of thioether (sulfide) groups is 1. The number of thiophene rings is 1. The van der Waals surface area contributed by atoms with Gasteiger partial charge in [-0.1, -0.05) is 6.07 Å². The van der Waals surface area contributed by atoms with Crippen LogP contribution in [-0.4, -0.2) is 28.8 Å². The summed E-state index contributed by atoms with van der Waals surface area (Å²) in [6.45, 7) is 1.91. The summed E-state index contributed by atoms with van der Waals surface area (Å²) in [6.07, 6.45) is 1.46. The van der Waals surface area contributed by atoms with Crippen LogP contribution in [0.25, 0.3) is 0 Å². The van der Waals surface area contributed by atoms with Crippen molar-refractivity contribution in [3.63, 3.8) is 0 Å². The predicted molar refractivity (Wildman–Crippen MR) is 79.6 cm³/mol. The molecule has 106 valence electrons. The van der Waals surface area contributed by atoms with E-state index in [0.717, 1.165) is 5.75 Å². The molecule has 0 bridgehead atoms. The molecule has 1 rings (SSSR count). The Labute approximate surface area is 121 Å². The van der Waals surface area contributed by atoms with Gasteiger partial charge in [-0.05, 0) is 31.2 Å². The van der Waals surface area contributed by atoms with Crippen LogP contribution < -0.4 is 5.32 Å². The molecule has 19 heavy (non-hydrogen) atoms. The van der Waals surface area contributed by atoms with E-state index in [-0.39, 0.29) is 18.4 Å². The number of carbonyl (C=O) groups is 2. The van der Waals surface area contributed by atoms with Gasteiger partial charge in [-0.3, -0.25) is 9.59 Å². The van der Waals surface area contributed by atoms with Crippen molar-refractivity contribution in [3.8, 4) is 0 Å². The number of hydrogen-bond acceptors (Lipinski definition) is 4. The van der Waals surface area contributed by atoms with Crippen molar-refractivity contribution in [2.75, 3.05) is 5.75 Å². The molecule has 1 amide bonds. The summed E-state index contributed by atoms with van der Waals surface area (Å²) in [5.74, 6) is 0.536. The average Bonchev–Trinajstić information content (AvgIpc) is 2.81. The number of nitrogens with one attached hydrogen (secondary N) is 1. The lowest BCUT2D eigenvalue weighted by molar-refractivity contribution is -0.137. The molecule has 1 unspecified atom stereocenters. The molecule has 4 nitrogen and oxygen atoms in total. The van der Waals surface area contributed by atoms with Crippen LogP contribution in [-0.2, 0) is 15.3 Å². The maximum Gasteiger partial charge on any atom is 0.303 e. The Bertz CT molecular complexity index is 393. The van der Waals surface area contributed by atoms with Crippen LogP contribution in [0.4, 0.5) is 0 Å². The fraction of sp³-hybridized carbons (Fsp3) is 0.538. The van der Waals surface area contributed by atoms with Gasteiger partial charge < -0.3 is 10.4 Å². The van der Waals surface area contributed by atoms with Gasteiger partial charge in [-0.2, -0.15) is 0 Å². The molecule has 0 radical (unpaired) electrons. The third kappa shape index (κ3) is 7.89. The topological polar surface area (TPSA) is 66.4 Å². The number of amides is 1. The second-order valence-corrected chi connectivity index (χ2v) is 6.34. The minimum atomic E-state index is -0.787. The second-order valence-electron chi connectivity index (χ2n) is 4.33. The van der Waals surface area contributed by atoms with Crippen LogP contribution in [0.15, 0.2) is 17.5 Å². The molecule has 0 saturated heterocycles. The minimum absolute atomic E-state index is 0.0179. The van der Waals surface area contributed by atoms with E-state index in [9.17, 15) is 9.59 Å². The average molecular weight is 301 g/mol. The number of aliphatic carboxylic acids is 1. The lowest BCUT2D eigenvalue weighted by Crippen LogP contribution is -2.33. The molecule has 0 aliphatic rings. The quantitative estimate of drug-likeness (QED) is 0.736. The van der Waals surface area contributed by atoms with Crippen LogP contribution in [0, 0.1) is 0 Å². The van der Waals surface area contributed by atoms with E-state index in [1.807, 2.05) is 18.4 Å². The summed E-state index contributed by atoms with van der Waals surface area (Å²) in [5, 5.41) is 13.4. The van der Waals surface area contributed by atoms with Gasteiger partial charge in [0, 0.05) is 23.1 Å². The third-order valence-electron chi connectivity index (χ3n) is 2.49. The van der Waals surface area contributed by atoms with Crippen molar-refractivity contribution >= 4 is 35.0 Å². The van der Waals surface area contributed by atoms with Gasteiger partial charge in [-0.15, -0.1) is 23.1 Å². The van der Waals surface area contributed by atoms with E-state index in [1.165, 1.54) is 4.88 Å². The molecule has 0 aromatic carbocycles. The zero-order valence-electron chi connectivity index (χ0n) is 10.9. The van der Waals surface area contributed by atoms with Gasteiger partial charge in [0.25, 0.3) is 0 Å². The fourth-order valence-electron chi connectivity index (χ4n) is 1.59. The molecule has 6 heteroatoms. The molecule has 0 saturated carbocycles. The number of hydrogen-bond donors (Lipinski definition) is 2. The summed E-state index contributed by atoms with van der Waals surface area (Å²) in [7, 11) is 0. The second kappa shape index (κ2) is 8.98. The molecule has 0 aliphatic heterocycles. The van der Waals surface area contributed by atoms with Crippen LogP contribution in [0.2, 0.25) is 0 Å². The Kier molecular flexibility index (Phi) is 7.59. The van der Waals surface area contributed by atoms with Crippen molar-refractivity contribution in [1.29, 1.82) is 0 Å². The molecule has 0 fully saturated rings. The Morgan fingerprint density at radius 3 is 2.95 bits per heavy atom. The molecule has 2 N–H and O–H groups in total. The van der Waals surface area contributed by atoms with E-state index in [1.54, 1.807) is 23.1 Å². The Hall–Kier alpha value is -1.01. The zero-order chi connectivity index (χ0) is 14.1. The smallest absolute Gasteiger partial charge is 0.303 e. The van der Waals surface area contributed by atoms with E-state index in [0.29, 0.717) is 18.6 Å². The molecular weight excluding hydrogens is 282 g/mol. The highest BCUT2D eigenvalue weighted by Crippen LogP contribution is 2.16. The predicted octanol–water partition coefficient (Wildman–Crippen LogP) is 2.74. The highest BCUT2D eigenvalue weighted by Gasteiger charge is 2.08. The van der Waals surface area contributed by atoms with Gasteiger partial charge in [0.05, 0.1) is 5.75 Å². The summed E-state index contributed by atoms with van der Waals surface area (Å²) in [4.78, 5) is 23.3. The lowest BCUT2D eigenvalue weighted by Gasteiger charge is -2.12. The normalized spacial score (nSPS) is 12.1. The molecule has 0 aliphatic carbocycles. The Morgan fingerprint density at radius 2 is 2.32 bits per heavy atom. The first-order valence-electron chi connectivity index (χ1n) is 6.19. The summed E-state index contributed by atoms with van der Waals surface area (Å²) < 4.78 is 0. The van der Waals surface area contributed by atoms with Crippen LogP contribution >= 0.6 is 23.1 Å². The highest BCUT2D eigenvalue weighted by molar-refractivity contribution is 7.99. The van der Waals surface area contributed by atoms with E-state index < -0.39 is 5.97 Å². The number of carboxylic acids is 1. The Balaban J connectivity index is 2.07. The van der Waals surface area contributed by atoms with Crippen molar-refractivity contribution in [1.82, 2.24) is 5.32 Å². The SMILES string of the molecule is CC(CCCC(=O)O)NC(=O)CSCc1cccs1. The van der Waals surface area contributed by atoms with Crippen LogP contribution in [0.1, 0.15) is 31.1 Å². The van der Waals surface area contributed by atoms with Crippen LogP contribution in [0.5, 0.6) is 0 Å². The van der Waals surface area contributed by atoms with Crippen molar-refractivity contribution in [2.45, 2.75) is 38.0 Å². The Morgan fingerprint density at radius 1 is 1.53 bits per heavy atom. The van der Waals surface area contributed by atoms with Gasteiger partial charge in [0.1, 0.15) is 0 Å². The fourth-order valence-corrected chi connectivity index (χ4v) is 3.27. The highest BCUT2D eigenvalue weighted by atomic mass is 32.2. The first-order chi connectivity index (χ1) is 9.08. The van der Waals surface area contributed by atoms with Gasteiger partial charge in [0.15, 0.2) is 0 Å². The zero-order valence-corrected chi connectivity index (χ0v) is 12.6. The first kappa shape index (κ1) is 16.0. The third-order valence-corrected chi connectivity index (χ3v) is 4.53. The van der Waals surface area contributed by atoms with Crippen molar-refractivity contribution in [3.05, 3.63) is 22.4 Å². The molecule has 1 atom stereocenters. The molecule has 1 aromatic heterocycles. The number of carboxylic acid groups (broad SMARTS) is 1. The van der Waals surface area contributed by atoms with Gasteiger partial charge in [0.2, 0.25) is 5.91 Å². The molecule has 1 heterocycles. The van der Waals surface area contributed by atoms with Gasteiger partial charge in [-0.25, -0.2) is 0 Å².